The van der Waals surface area contributed by atoms with Gasteiger partial charge < -0.3 is 4.90 Å². The highest BCUT2D eigenvalue weighted by molar-refractivity contribution is 8.00. The summed E-state index contributed by atoms with van der Waals surface area (Å²) in [5, 5.41) is 0.0307. The van der Waals surface area contributed by atoms with Crippen molar-refractivity contribution in [2.75, 3.05) is 4.90 Å². The molecule has 5 rings (SSSR count). The minimum atomic E-state index is 0.0307. The smallest absolute Gasteiger partial charge is 0.162 e. The molecular formula is C27H25NOS. The van der Waals surface area contributed by atoms with Gasteiger partial charge in [-0.05, 0) is 35.6 Å². The lowest BCUT2D eigenvalue weighted by atomic mass is 9.83. The number of thioether (sulfide) groups is 1. The first kappa shape index (κ1) is 19.2. The largest absolute Gasteiger partial charge is 0.339 e. The maximum atomic E-state index is 13.4. The fraction of sp³-hybridized carbons (Fsp3) is 0.222. The SMILES string of the molecule is C[C@H]1CC(=O)C2=C(C1)N(Cc1ccccc1)c1ccccc1S[C@H]2c1ccccc1. The second-order valence-electron chi connectivity index (χ2n) is 8.25. The molecule has 0 amide bonds. The Balaban J connectivity index is 1.72. The van der Waals surface area contributed by atoms with Crippen LogP contribution in [0.3, 0.4) is 0 Å². The molecule has 1 aliphatic carbocycles. The highest BCUT2D eigenvalue weighted by Crippen LogP contribution is 2.52. The van der Waals surface area contributed by atoms with Crippen molar-refractivity contribution in [3.05, 3.63) is 107 Å². The van der Waals surface area contributed by atoms with E-state index in [-0.39, 0.29) is 5.25 Å². The number of fused-ring (bicyclic) bond motifs is 1. The van der Waals surface area contributed by atoms with E-state index in [0.29, 0.717) is 18.1 Å². The molecule has 0 saturated heterocycles. The number of rotatable bonds is 3. The van der Waals surface area contributed by atoms with Crippen LogP contribution in [0.1, 0.15) is 36.1 Å². The lowest BCUT2D eigenvalue weighted by molar-refractivity contribution is -0.117. The molecule has 0 fully saturated rings. The van der Waals surface area contributed by atoms with Gasteiger partial charge in [-0.15, -0.1) is 11.8 Å². The van der Waals surface area contributed by atoms with Crippen LogP contribution in [0.15, 0.2) is 101 Å². The standard InChI is InChI=1S/C27H25NOS/c1-19-16-23-26(24(29)17-19)27(21-12-6-3-7-13-21)30-25-15-9-8-14-22(25)28(23)18-20-10-4-2-5-11-20/h2-15,19,27H,16-18H2,1H3/t19-,27+/m1/s1. The highest BCUT2D eigenvalue weighted by atomic mass is 32.2. The zero-order valence-corrected chi connectivity index (χ0v) is 17.9. The Kier molecular flexibility index (Phi) is 5.22. The fourth-order valence-corrected chi connectivity index (χ4v) is 5.96. The third kappa shape index (κ3) is 3.59. The summed E-state index contributed by atoms with van der Waals surface area (Å²) < 4.78 is 0. The first-order valence-corrected chi connectivity index (χ1v) is 11.5. The van der Waals surface area contributed by atoms with E-state index in [1.54, 1.807) is 0 Å². The number of hydrogen-bond donors (Lipinski definition) is 0. The summed E-state index contributed by atoms with van der Waals surface area (Å²) in [6.45, 7) is 2.97. The highest BCUT2D eigenvalue weighted by Gasteiger charge is 2.37. The van der Waals surface area contributed by atoms with Gasteiger partial charge in [-0.3, -0.25) is 4.79 Å². The van der Waals surface area contributed by atoms with Gasteiger partial charge in [-0.1, -0.05) is 79.7 Å². The number of benzene rings is 3. The molecule has 3 aromatic carbocycles. The summed E-state index contributed by atoms with van der Waals surface area (Å²) in [4.78, 5) is 17.1. The van der Waals surface area contributed by atoms with Crippen LogP contribution in [-0.2, 0) is 11.3 Å². The number of nitrogens with zero attached hydrogens (tertiary/aromatic N) is 1. The molecule has 2 nitrogen and oxygen atoms in total. The van der Waals surface area contributed by atoms with Gasteiger partial charge in [0.1, 0.15) is 0 Å². The van der Waals surface area contributed by atoms with Crippen molar-refractivity contribution in [3.8, 4) is 0 Å². The van der Waals surface area contributed by atoms with Gasteiger partial charge in [-0.2, -0.15) is 0 Å². The quantitative estimate of drug-likeness (QED) is 0.473. The predicted molar refractivity (Wildman–Crippen MR) is 125 cm³/mol. The zero-order chi connectivity index (χ0) is 20.5. The average Bonchev–Trinajstić information content (AvgIpc) is 2.90. The van der Waals surface area contributed by atoms with Crippen molar-refractivity contribution in [1.29, 1.82) is 0 Å². The maximum absolute atomic E-state index is 13.4. The molecular weight excluding hydrogens is 386 g/mol. The van der Waals surface area contributed by atoms with Gasteiger partial charge in [-0.25, -0.2) is 0 Å². The summed E-state index contributed by atoms with van der Waals surface area (Å²) in [5.41, 5.74) is 5.87. The van der Waals surface area contributed by atoms with E-state index < -0.39 is 0 Å². The zero-order valence-electron chi connectivity index (χ0n) is 17.1. The number of Topliss-reactive ketones (excluding diaryl/α,β-unsaturated/α-hetero) is 1. The maximum Gasteiger partial charge on any atom is 0.162 e. The first-order chi connectivity index (χ1) is 14.7. The molecule has 0 N–H and O–H groups in total. The second-order valence-corrected chi connectivity index (χ2v) is 9.39. The molecule has 0 unspecified atom stereocenters. The number of para-hydroxylation sites is 1. The van der Waals surface area contributed by atoms with Crippen molar-refractivity contribution in [2.24, 2.45) is 5.92 Å². The first-order valence-electron chi connectivity index (χ1n) is 10.6. The van der Waals surface area contributed by atoms with Crippen LogP contribution >= 0.6 is 11.8 Å². The summed E-state index contributed by atoms with van der Waals surface area (Å²) in [5.74, 6) is 0.664. The van der Waals surface area contributed by atoms with Crippen LogP contribution in [0.2, 0.25) is 0 Å². The minimum Gasteiger partial charge on any atom is -0.339 e. The Morgan fingerprint density at radius 2 is 1.53 bits per heavy atom. The monoisotopic (exact) mass is 411 g/mol. The van der Waals surface area contributed by atoms with Crippen LogP contribution in [0, 0.1) is 5.92 Å². The number of carbonyl (C=O) groups excluding carboxylic acids is 1. The second kappa shape index (κ2) is 8.16. The number of carbonyl (C=O) groups is 1. The van der Waals surface area contributed by atoms with Crippen LogP contribution in [-0.4, -0.2) is 5.78 Å². The van der Waals surface area contributed by atoms with Gasteiger partial charge >= 0.3 is 0 Å². The van der Waals surface area contributed by atoms with Crippen LogP contribution in [0.25, 0.3) is 0 Å². The normalized spacial score (nSPS) is 21.1. The molecule has 2 aliphatic rings. The molecule has 1 heterocycles. The lowest BCUT2D eigenvalue weighted by Gasteiger charge is -2.34. The number of ketones is 1. The van der Waals surface area contributed by atoms with Gasteiger partial charge in [0.05, 0.1) is 10.9 Å². The predicted octanol–water partition coefficient (Wildman–Crippen LogP) is 6.79. The van der Waals surface area contributed by atoms with Crippen LogP contribution < -0.4 is 4.90 Å². The molecule has 0 spiro atoms. The van der Waals surface area contributed by atoms with Crippen molar-refractivity contribution in [2.45, 2.75) is 36.5 Å². The topological polar surface area (TPSA) is 20.3 Å². The van der Waals surface area contributed by atoms with Gasteiger partial charge in [0.2, 0.25) is 0 Å². The van der Waals surface area contributed by atoms with Crippen molar-refractivity contribution >= 4 is 23.2 Å². The minimum absolute atomic E-state index is 0.0307. The van der Waals surface area contributed by atoms with Gasteiger partial charge in [0.15, 0.2) is 5.78 Å². The van der Waals surface area contributed by atoms with Gasteiger partial charge in [0.25, 0.3) is 0 Å². The van der Waals surface area contributed by atoms with E-state index in [4.69, 9.17) is 0 Å². The van der Waals surface area contributed by atoms with E-state index in [0.717, 1.165) is 18.5 Å². The number of anilines is 1. The Morgan fingerprint density at radius 1 is 0.867 bits per heavy atom. The average molecular weight is 412 g/mol. The lowest BCUT2D eigenvalue weighted by Crippen LogP contribution is -2.30. The van der Waals surface area contributed by atoms with Crippen LogP contribution in [0.5, 0.6) is 0 Å². The molecule has 3 aromatic rings. The molecule has 0 saturated carbocycles. The summed E-state index contributed by atoms with van der Waals surface area (Å²) in [6, 6.07) is 29.7. The van der Waals surface area contributed by atoms with E-state index in [1.807, 2.05) is 17.8 Å². The fourth-order valence-electron chi connectivity index (χ4n) is 4.57. The molecule has 3 heteroatoms. The van der Waals surface area contributed by atoms with E-state index in [9.17, 15) is 4.79 Å². The Bertz CT molecular complexity index is 1090. The third-order valence-electron chi connectivity index (χ3n) is 5.96. The molecule has 150 valence electrons. The van der Waals surface area contributed by atoms with Crippen molar-refractivity contribution in [3.63, 3.8) is 0 Å². The molecule has 0 radical (unpaired) electrons. The van der Waals surface area contributed by atoms with E-state index in [1.165, 1.54) is 27.4 Å². The molecule has 1 aliphatic heterocycles. The van der Waals surface area contributed by atoms with Gasteiger partial charge in [0, 0.05) is 29.1 Å². The Morgan fingerprint density at radius 3 is 2.30 bits per heavy atom. The number of hydrogen-bond acceptors (Lipinski definition) is 3. The third-order valence-corrected chi connectivity index (χ3v) is 7.30. The van der Waals surface area contributed by atoms with Crippen LogP contribution in [0.4, 0.5) is 5.69 Å². The van der Waals surface area contributed by atoms with E-state index >= 15 is 0 Å². The molecule has 0 aromatic heterocycles. The van der Waals surface area contributed by atoms with Crippen molar-refractivity contribution < 1.29 is 4.79 Å². The molecule has 0 bridgehead atoms. The summed E-state index contributed by atoms with van der Waals surface area (Å²) in [6.07, 6.45) is 1.57. The Labute approximate surface area is 182 Å². The Hall–Kier alpha value is -2.78. The summed E-state index contributed by atoms with van der Waals surface area (Å²) >= 11 is 1.82. The molecule has 30 heavy (non-hydrogen) atoms. The molecule has 2 atom stereocenters. The van der Waals surface area contributed by atoms with E-state index in [2.05, 4.69) is 90.7 Å². The summed E-state index contributed by atoms with van der Waals surface area (Å²) in [7, 11) is 0. The number of allylic oxidation sites excluding steroid dienone is 1. The van der Waals surface area contributed by atoms with Crippen molar-refractivity contribution in [1.82, 2.24) is 0 Å².